The first-order valence-corrected chi connectivity index (χ1v) is 10.5. The van der Waals surface area contributed by atoms with Crippen LogP contribution in [0.15, 0.2) is 41.9 Å². The highest BCUT2D eigenvalue weighted by atomic mass is 32.1. The largest absolute Gasteiger partial charge is 0.478 e. The molecule has 0 radical (unpaired) electrons. The Balaban J connectivity index is 1.76. The van der Waals surface area contributed by atoms with Crippen LogP contribution in [-0.2, 0) is 13.0 Å². The third-order valence-electron chi connectivity index (χ3n) is 4.79. The molecule has 3 aromatic rings. The van der Waals surface area contributed by atoms with Crippen LogP contribution in [0.2, 0.25) is 0 Å². The van der Waals surface area contributed by atoms with Crippen molar-refractivity contribution >= 4 is 28.2 Å². The molecule has 0 bridgehead atoms. The predicted octanol–water partition coefficient (Wildman–Crippen LogP) is 4.27. The van der Waals surface area contributed by atoms with Crippen LogP contribution in [0, 0.1) is 6.92 Å². The van der Waals surface area contributed by atoms with Crippen molar-refractivity contribution < 1.29 is 14.7 Å². The van der Waals surface area contributed by atoms with Crippen LogP contribution >= 0.6 is 11.3 Å². The van der Waals surface area contributed by atoms with E-state index in [0.717, 1.165) is 35.0 Å². The number of aryl methyl sites for hydroxylation is 1. The Morgan fingerprint density at radius 2 is 1.86 bits per heavy atom. The van der Waals surface area contributed by atoms with Gasteiger partial charge in [-0.05, 0) is 50.1 Å². The normalized spacial score (nSPS) is 10.9. The summed E-state index contributed by atoms with van der Waals surface area (Å²) in [6, 6.07) is 8.33. The van der Waals surface area contributed by atoms with Gasteiger partial charge in [-0.3, -0.25) is 4.79 Å². The van der Waals surface area contributed by atoms with E-state index >= 15 is 0 Å². The van der Waals surface area contributed by atoms with Gasteiger partial charge in [0, 0.05) is 31.1 Å². The van der Waals surface area contributed by atoms with Crippen molar-refractivity contribution in [3.8, 4) is 0 Å². The number of carboxylic acids is 1. The van der Waals surface area contributed by atoms with Crippen molar-refractivity contribution in [3.05, 3.63) is 70.0 Å². The zero-order valence-electron chi connectivity index (χ0n) is 16.9. The molecule has 2 aromatic heterocycles. The SMILES string of the molecule is CCN(CC)c1nc(Cn2cc(C)cc2C(=O)Cc2ccc(C(=O)O)cc2)cs1. The molecule has 7 heteroatoms. The molecule has 29 heavy (non-hydrogen) atoms. The summed E-state index contributed by atoms with van der Waals surface area (Å²) in [6.07, 6.45) is 2.20. The molecule has 0 aliphatic rings. The molecule has 2 heterocycles. The molecule has 0 amide bonds. The number of aromatic nitrogens is 2. The van der Waals surface area contributed by atoms with Gasteiger partial charge in [0.1, 0.15) is 0 Å². The van der Waals surface area contributed by atoms with Crippen molar-refractivity contribution in [2.75, 3.05) is 18.0 Å². The first kappa shape index (κ1) is 20.8. The van der Waals surface area contributed by atoms with Crippen LogP contribution in [0.1, 0.15) is 51.5 Å². The molecule has 152 valence electrons. The highest BCUT2D eigenvalue weighted by Crippen LogP contribution is 2.22. The summed E-state index contributed by atoms with van der Waals surface area (Å²) in [4.78, 5) is 30.8. The van der Waals surface area contributed by atoms with Crippen molar-refractivity contribution in [2.45, 2.75) is 33.7 Å². The molecule has 0 atom stereocenters. The summed E-state index contributed by atoms with van der Waals surface area (Å²) >= 11 is 1.62. The summed E-state index contributed by atoms with van der Waals surface area (Å²) in [6.45, 7) is 8.56. The molecule has 0 aliphatic heterocycles. The van der Waals surface area contributed by atoms with Gasteiger partial charge in [-0.2, -0.15) is 0 Å². The summed E-state index contributed by atoms with van der Waals surface area (Å²) in [7, 11) is 0. The summed E-state index contributed by atoms with van der Waals surface area (Å²) in [5.74, 6) is -0.972. The fourth-order valence-corrected chi connectivity index (χ4v) is 4.19. The van der Waals surface area contributed by atoms with Gasteiger partial charge in [-0.15, -0.1) is 11.3 Å². The van der Waals surface area contributed by atoms with E-state index in [2.05, 4.69) is 18.7 Å². The number of rotatable bonds is 9. The van der Waals surface area contributed by atoms with Gasteiger partial charge in [0.15, 0.2) is 10.9 Å². The number of carbonyl (C=O) groups is 2. The second kappa shape index (κ2) is 9.05. The van der Waals surface area contributed by atoms with E-state index in [4.69, 9.17) is 10.1 Å². The van der Waals surface area contributed by atoms with Crippen molar-refractivity contribution in [3.63, 3.8) is 0 Å². The number of thiazole rings is 1. The van der Waals surface area contributed by atoms with Crippen LogP contribution in [-0.4, -0.2) is 39.5 Å². The second-order valence-electron chi connectivity index (χ2n) is 6.93. The minimum atomic E-state index is -0.972. The Bertz CT molecular complexity index is 1000. The van der Waals surface area contributed by atoms with Crippen LogP contribution in [0.4, 0.5) is 5.13 Å². The summed E-state index contributed by atoms with van der Waals surface area (Å²) < 4.78 is 1.95. The van der Waals surface area contributed by atoms with E-state index in [1.165, 1.54) is 12.1 Å². The maximum Gasteiger partial charge on any atom is 0.335 e. The Morgan fingerprint density at radius 3 is 2.48 bits per heavy atom. The van der Waals surface area contributed by atoms with Crippen molar-refractivity contribution in [1.82, 2.24) is 9.55 Å². The third kappa shape index (κ3) is 4.92. The minimum absolute atomic E-state index is 0.000343. The average Bonchev–Trinajstić information content (AvgIpc) is 3.30. The van der Waals surface area contributed by atoms with Gasteiger partial charge in [0.2, 0.25) is 0 Å². The summed E-state index contributed by atoms with van der Waals surface area (Å²) in [5.41, 5.74) is 3.61. The minimum Gasteiger partial charge on any atom is -0.478 e. The van der Waals surface area contributed by atoms with Gasteiger partial charge < -0.3 is 14.6 Å². The predicted molar refractivity (Wildman–Crippen MR) is 115 cm³/mol. The molecule has 1 aromatic carbocycles. The van der Waals surface area contributed by atoms with Gasteiger partial charge in [-0.25, -0.2) is 9.78 Å². The van der Waals surface area contributed by atoms with Gasteiger partial charge in [0.05, 0.1) is 23.5 Å². The lowest BCUT2D eigenvalue weighted by atomic mass is 10.0. The van der Waals surface area contributed by atoms with E-state index in [1.807, 2.05) is 29.1 Å². The number of carbonyl (C=O) groups excluding carboxylic acids is 1. The zero-order valence-corrected chi connectivity index (χ0v) is 17.7. The molecule has 1 N–H and O–H groups in total. The Morgan fingerprint density at radius 1 is 1.17 bits per heavy atom. The molecular formula is C22H25N3O3S. The number of aromatic carboxylic acids is 1. The number of nitrogens with zero attached hydrogens (tertiary/aromatic N) is 3. The molecule has 0 spiro atoms. The molecule has 3 rings (SSSR count). The number of hydrogen-bond acceptors (Lipinski definition) is 5. The number of Topliss-reactive ketones (excluding diaryl/α,β-unsaturated/α-hetero) is 1. The number of benzene rings is 1. The number of anilines is 1. The molecule has 0 saturated heterocycles. The third-order valence-corrected chi connectivity index (χ3v) is 5.74. The molecule has 6 nitrogen and oxygen atoms in total. The lowest BCUT2D eigenvalue weighted by Crippen LogP contribution is -2.21. The van der Waals surface area contributed by atoms with Crippen LogP contribution in [0.25, 0.3) is 0 Å². The number of carboxylic acid groups (broad SMARTS) is 1. The van der Waals surface area contributed by atoms with Gasteiger partial charge in [0.25, 0.3) is 0 Å². The van der Waals surface area contributed by atoms with E-state index in [-0.39, 0.29) is 17.8 Å². The van der Waals surface area contributed by atoms with Crippen LogP contribution in [0.3, 0.4) is 0 Å². The van der Waals surface area contributed by atoms with E-state index < -0.39 is 5.97 Å². The fourth-order valence-electron chi connectivity index (χ4n) is 3.25. The van der Waals surface area contributed by atoms with Crippen LogP contribution in [0.5, 0.6) is 0 Å². The van der Waals surface area contributed by atoms with E-state index in [1.54, 1.807) is 23.5 Å². The highest BCUT2D eigenvalue weighted by molar-refractivity contribution is 7.13. The van der Waals surface area contributed by atoms with Gasteiger partial charge >= 0.3 is 5.97 Å². The van der Waals surface area contributed by atoms with Gasteiger partial charge in [-0.1, -0.05) is 12.1 Å². The number of hydrogen-bond donors (Lipinski definition) is 1. The first-order valence-electron chi connectivity index (χ1n) is 9.62. The quantitative estimate of drug-likeness (QED) is 0.532. The highest BCUT2D eigenvalue weighted by Gasteiger charge is 2.16. The Hall–Kier alpha value is -2.93. The monoisotopic (exact) mass is 411 g/mol. The van der Waals surface area contributed by atoms with Crippen molar-refractivity contribution in [2.24, 2.45) is 0 Å². The zero-order chi connectivity index (χ0) is 21.0. The fraction of sp³-hybridized carbons (Fsp3) is 0.318. The molecular weight excluding hydrogens is 386 g/mol. The summed E-state index contributed by atoms with van der Waals surface area (Å²) in [5, 5.41) is 12.0. The van der Waals surface area contributed by atoms with Crippen molar-refractivity contribution in [1.29, 1.82) is 0 Å². The van der Waals surface area contributed by atoms with E-state index in [0.29, 0.717) is 12.2 Å². The first-order chi connectivity index (χ1) is 13.9. The topological polar surface area (TPSA) is 75.4 Å². The Labute approximate surface area is 174 Å². The molecule has 0 unspecified atom stereocenters. The maximum absolute atomic E-state index is 12.9. The molecule has 0 aliphatic carbocycles. The number of ketones is 1. The van der Waals surface area contributed by atoms with Crippen LogP contribution < -0.4 is 4.90 Å². The van der Waals surface area contributed by atoms with E-state index in [9.17, 15) is 9.59 Å². The Kier molecular flexibility index (Phi) is 6.49. The molecule has 0 fully saturated rings. The lowest BCUT2D eigenvalue weighted by Gasteiger charge is -2.16. The second-order valence-corrected chi connectivity index (χ2v) is 7.76. The molecule has 0 saturated carbocycles. The smallest absolute Gasteiger partial charge is 0.335 e. The maximum atomic E-state index is 12.9. The standard InChI is InChI=1S/C22H25N3O3S/c1-4-24(5-2)22-23-18(14-29-22)13-25-12-15(3)10-19(25)20(26)11-16-6-8-17(9-7-16)21(27)28/h6-10,12,14H,4-5,11,13H2,1-3H3,(H,27,28). The average molecular weight is 412 g/mol. The lowest BCUT2D eigenvalue weighted by molar-refractivity contribution is 0.0696.